The summed E-state index contributed by atoms with van der Waals surface area (Å²) < 4.78 is 342. The maximum atomic E-state index is 14.4. The fraction of sp³-hybridized carbons (Fsp3) is 1.00. The molecular weight excluding hydrogens is 1650 g/mol. The van der Waals surface area contributed by atoms with Crippen LogP contribution in [0.3, 0.4) is 0 Å². The SMILES string of the molecule is O=S(=O)(O)OC[C@H]1O[C@@H]2O[C@H]3[C@H](O)[C@@H](O)[C@@H](O[C@H]4[C@H](O)C(O)[C@@H](O[C@H]5[C@H](O)C(O)[C@@H](O[C@H]6[C@H](O)[C@@H](O)[C@@H](O[C@H]7[C@H](O)[C@@H](O)[C@@H](O[C@H]8[C@H](O)[C@@H](O)[C@@H](O[C@H]1[C@H]([O-])[C@H]2O)O[C@@H]8COS(=O)(=O)O)O[C@@H]7COS(=O)(=O)O)O[C@@H]6COS(=O)(=O)O)O[C@@H]5COS(=O)(=O)O)O[C@@H]4COS(=O)(=O)O)O[C@@H]3COS(=O)(=O)O.[Na+]. The van der Waals surface area contributed by atoms with Crippen LogP contribution in [0.5, 0.6) is 0 Å². The maximum absolute atomic E-state index is 14.4. The number of rotatable bonds is 21. The van der Waals surface area contributed by atoms with Gasteiger partial charge < -0.3 is 138 Å². The van der Waals surface area contributed by atoms with Crippen LogP contribution in [-0.4, -0.2) is 418 Å². The molecule has 0 aliphatic carbocycles. The Morgan fingerprint density at radius 2 is 0.330 bits per heavy atom. The summed E-state index contributed by atoms with van der Waals surface area (Å²) in [7, 11) is -39.7. The molecule has 106 heavy (non-hydrogen) atoms. The van der Waals surface area contributed by atoms with E-state index in [-0.39, 0.29) is 29.6 Å². The molecule has 21 saturated heterocycles. The Morgan fingerprint density at radius 1 is 0.208 bits per heavy atom. The van der Waals surface area contributed by atoms with E-state index < -0.39 is 334 Å². The van der Waals surface area contributed by atoms with Crippen LogP contribution in [0.25, 0.3) is 0 Å². The van der Waals surface area contributed by atoms with Crippen molar-refractivity contribution in [3.8, 4) is 0 Å². The summed E-state index contributed by atoms with van der Waals surface area (Å²) in [5.74, 6) is 0. The first-order chi connectivity index (χ1) is 48.2. The molecular formula is C42H69NaO56S7. The minimum Gasteiger partial charge on any atom is -0.848 e. The van der Waals surface area contributed by atoms with Crippen LogP contribution in [0, 0.1) is 0 Å². The molecule has 14 bridgehead atoms. The van der Waals surface area contributed by atoms with Gasteiger partial charge in [0.2, 0.25) is 0 Å². The van der Waals surface area contributed by atoms with Gasteiger partial charge in [-0.1, -0.05) is 6.10 Å². The molecule has 2 unspecified atom stereocenters. The Kier molecular flexibility index (Phi) is 31.7. The van der Waals surface area contributed by atoms with E-state index in [4.69, 9.17) is 66.3 Å². The summed E-state index contributed by atoms with van der Waals surface area (Å²) in [6.07, 6.45) is -94.0. The van der Waals surface area contributed by atoms with E-state index in [0.29, 0.717) is 0 Å². The molecule has 64 heteroatoms. The molecule has 0 saturated carbocycles. The predicted octanol–water partition coefficient (Wildman–Crippen LogP) is -20.1. The smallest absolute Gasteiger partial charge is 0.848 e. The average molecular weight is 1720 g/mol. The van der Waals surface area contributed by atoms with Gasteiger partial charge in [0.05, 0.1) is 58.5 Å². The third kappa shape index (κ3) is 24.5. The summed E-state index contributed by atoms with van der Waals surface area (Å²) in [6.45, 7) is -11.7. The minimum absolute atomic E-state index is 0. The third-order valence-electron chi connectivity index (χ3n) is 16.2. The molecule has 21 aliphatic heterocycles. The van der Waals surface area contributed by atoms with Gasteiger partial charge in [0, 0.05) is 0 Å². The Morgan fingerprint density at radius 3 is 0.472 bits per heavy atom. The molecule has 21 fully saturated rings. The largest absolute Gasteiger partial charge is 1.00 e. The van der Waals surface area contributed by atoms with Gasteiger partial charge in [-0.05, 0) is 0 Å². The van der Waals surface area contributed by atoms with Crippen LogP contribution in [0.4, 0.5) is 0 Å². The zero-order valence-electron chi connectivity index (χ0n) is 52.7. The van der Waals surface area contributed by atoms with Crippen molar-refractivity contribution in [1.82, 2.24) is 0 Å². The zero-order valence-corrected chi connectivity index (χ0v) is 60.4. The number of hydrogen-bond acceptors (Lipinski definition) is 49. The van der Waals surface area contributed by atoms with E-state index in [2.05, 4.69) is 29.3 Å². The van der Waals surface area contributed by atoms with Gasteiger partial charge in [0.25, 0.3) is 0 Å². The van der Waals surface area contributed by atoms with Gasteiger partial charge in [0.15, 0.2) is 44.0 Å². The van der Waals surface area contributed by atoms with Gasteiger partial charge in [-0.15, -0.1) is 0 Å². The van der Waals surface area contributed by atoms with E-state index in [1.54, 1.807) is 0 Å². The molecule has 35 atom stereocenters. The van der Waals surface area contributed by atoms with Gasteiger partial charge in [-0.2, -0.15) is 58.9 Å². The number of hydrogen-bond donors (Lipinski definition) is 20. The Labute approximate surface area is 617 Å². The van der Waals surface area contributed by atoms with Crippen molar-refractivity contribution in [3.63, 3.8) is 0 Å². The first-order valence-corrected chi connectivity index (χ1v) is 38.7. The fourth-order valence-electron chi connectivity index (χ4n) is 11.4. The monoisotopic (exact) mass is 1720 g/mol. The van der Waals surface area contributed by atoms with Crippen molar-refractivity contribution < 1.29 is 287 Å². The molecule has 0 aromatic rings. The molecule has 21 rings (SSSR count). The molecule has 20 N–H and O–H groups in total. The first-order valence-electron chi connectivity index (χ1n) is 29.2. The van der Waals surface area contributed by atoms with Gasteiger partial charge in [0.1, 0.15) is 153 Å². The number of ether oxygens (including phenoxy) is 14. The summed E-state index contributed by atoms with van der Waals surface area (Å²) in [5.41, 5.74) is 0. The molecule has 0 aromatic heterocycles. The minimum atomic E-state index is -5.69. The van der Waals surface area contributed by atoms with Crippen molar-refractivity contribution in [2.24, 2.45) is 0 Å². The van der Waals surface area contributed by atoms with Crippen molar-refractivity contribution in [2.75, 3.05) is 46.2 Å². The Bertz CT molecular complexity index is 3050. The van der Waals surface area contributed by atoms with E-state index in [1.807, 2.05) is 0 Å². The summed E-state index contributed by atoms with van der Waals surface area (Å²) >= 11 is 0. The molecule has 21 heterocycles. The molecule has 21 aliphatic rings. The van der Waals surface area contributed by atoms with Crippen molar-refractivity contribution in [3.05, 3.63) is 0 Å². The topological polar surface area (TPSA) is 860 Å². The van der Waals surface area contributed by atoms with Gasteiger partial charge in [-0.3, -0.25) is 31.9 Å². The van der Waals surface area contributed by atoms with E-state index >= 15 is 0 Å². The first kappa shape index (κ1) is 92.1. The number of aliphatic hydroxyl groups excluding tert-OH is 13. The van der Waals surface area contributed by atoms with Crippen LogP contribution in [0.15, 0.2) is 0 Å². The molecule has 56 nitrogen and oxygen atoms in total. The molecule has 0 aromatic carbocycles. The second-order valence-electron chi connectivity index (χ2n) is 23.3. The maximum Gasteiger partial charge on any atom is 1.00 e. The van der Waals surface area contributed by atoms with Crippen LogP contribution < -0.4 is 34.7 Å². The van der Waals surface area contributed by atoms with Gasteiger partial charge >= 0.3 is 102 Å². The molecule has 0 spiro atoms. The van der Waals surface area contributed by atoms with Crippen LogP contribution in [-0.2, 0) is 168 Å². The van der Waals surface area contributed by atoms with Crippen LogP contribution >= 0.6 is 0 Å². The van der Waals surface area contributed by atoms with Crippen molar-refractivity contribution in [1.29, 1.82) is 0 Å². The number of aliphatic hydroxyl groups is 13. The Hall–Kier alpha value is -1.03. The van der Waals surface area contributed by atoms with Crippen LogP contribution in [0.2, 0.25) is 0 Å². The predicted molar refractivity (Wildman–Crippen MR) is 299 cm³/mol. The second kappa shape index (κ2) is 36.4. The van der Waals surface area contributed by atoms with Crippen molar-refractivity contribution >= 4 is 72.8 Å². The van der Waals surface area contributed by atoms with Crippen molar-refractivity contribution in [2.45, 2.75) is 215 Å². The van der Waals surface area contributed by atoms with Crippen LogP contribution in [0.1, 0.15) is 0 Å². The second-order valence-corrected chi connectivity index (χ2v) is 31.0. The normalized spacial score (nSPS) is 44.4. The Balaban J connectivity index is 0.0000157. The van der Waals surface area contributed by atoms with E-state index in [9.17, 15) is 162 Å². The summed E-state index contributed by atoms with van der Waals surface area (Å²) in [5, 5.41) is 165. The zero-order chi connectivity index (χ0) is 78.5. The van der Waals surface area contributed by atoms with Gasteiger partial charge in [-0.25, -0.2) is 29.3 Å². The molecule has 0 amide bonds. The standard InChI is InChI=1S/C42H69O56S7.Na/c43-15-22(50)36-85-8(1-78-99(57,58)59)29(15)92-37-23(51)16(44)31(10(86-37)3-80-101(63,64)65)94-39-25(53)18(46)33(12(88-39)5-82-103(69,70)71)96-41-27(55)20(48)35(14(90-41)7-84-105(75,76)77)98-42-28(56)21(49)34(13(91-42)6-83-104(72,73)74)97-40-26(54)19(47)32(11(89-40)4-81-102(66,67)68)95-38-24(52)17(45)30(93-36)9(87-38)2-79-100(60,61)62;/h8-48,50-56H,1-7H2,(H,57,58,59)(H,60,61,62)(H,63,64,65)(H,66,67,68)(H,69,70,71)(H,72,73,74)(H,75,76,77);/q-1;+1/t8-,9-,10-,11-,12-,13-,14-,15-,16-,17-,18-,19-,20-,21-,22-,23?,24-,25?,26-,27-,28-,29-,30-,31-,32-,33-,34-,35-,36-,37-,38-,39-,40-,41-,42-;/m1./s1. The molecule has 616 valence electrons. The summed E-state index contributed by atoms with van der Waals surface area (Å²) in [4.78, 5) is 0. The quantitative estimate of drug-likeness (QED) is 0.0375. The van der Waals surface area contributed by atoms with E-state index in [1.165, 1.54) is 0 Å². The third-order valence-corrected chi connectivity index (χ3v) is 19.2. The average Bonchev–Trinajstić information content (AvgIpc) is 0.777. The molecule has 0 radical (unpaired) electrons. The summed E-state index contributed by atoms with van der Waals surface area (Å²) in [6, 6.07) is 0. The van der Waals surface area contributed by atoms with E-state index in [0.717, 1.165) is 0 Å². The fourth-order valence-corrected chi connectivity index (χ4v) is 13.5.